The van der Waals surface area contributed by atoms with E-state index in [1.165, 1.54) is 0 Å². The van der Waals surface area contributed by atoms with Crippen LogP contribution in [-0.4, -0.2) is 42.0 Å². The molecule has 2 heterocycles. The van der Waals surface area contributed by atoms with Gasteiger partial charge in [0.2, 0.25) is 5.89 Å². The smallest absolute Gasteiger partial charge is 0.257 e. The van der Waals surface area contributed by atoms with Crippen LogP contribution in [0.5, 0.6) is 0 Å². The molecule has 5 rings (SSSR count). The Bertz CT molecular complexity index is 1270. The molecule has 0 saturated carbocycles. The average Bonchev–Trinajstić information content (AvgIpc) is 3.26. The molecule has 4 aromatic rings. The van der Waals surface area contributed by atoms with Crippen LogP contribution in [0.15, 0.2) is 71.1 Å². The third-order valence-electron chi connectivity index (χ3n) is 5.62. The van der Waals surface area contributed by atoms with Crippen molar-refractivity contribution in [2.75, 3.05) is 31.5 Å². The Balaban J connectivity index is 0.00000259. The maximum absolute atomic E-state index is 12.8. The minimum Gasteiger partial charge on any atom is -0.436 e. The number of halogens is 2. The quantitative estimate of drug-likeness (QED) is 0.407. The lowest BCUT2D eigenvalue weighted by Crippen LogP contribution is -2.42. The van der Waals surface area contributed by atoms with Gasteiger partial charge in [0.1, 0.15) is 5.52 Å². The lowest BCUT2D eigenvalue weighted by Gasteiger charge is -2.27. The van der Waals surface area contributed by atoms with E-state index in [0.29, 0.717) is 22.2 Å². The van der Waals surface area contributed by atoms with E-state index in [4.69, 9.17) is 21.0 Å². The Kier molecular flexibility index (Phi) is 7.30. The lowest BCUT2D eigenvalue weighted by molar-refractivity contribution is 0.102. The first-order chi connectivity index (χ1) is 15.7. The van der Waals surface area contributed by atoms with E-state index in [9.17, 15) is 4.79 Å². The first-order valence-electron chi connectivity index (χ1n) is 10.7. The van der Waals surface area contributed by atoms with Crippen LogP contribution in [0.1, 0.15) is 15.9 Å². The molecule has 33 heavy (non-hydrogen) atoms. The number of anilines is 1. The molecule has 1 fully saturated rings. The van der Waals surface area contributed by atoms with Crippen molar-refractivity contribution in [2.45, 2.75) is 6.54 Å². The van der Waals surface area contributed by atoms with E-state index in [2.05, 4.69) is 21.6 Å². The molecule has 0 radical (unpaired) electrons. The van der Waals surface area contributed by atoms with Crippen molar-refractivity contribution < 1.29 is 9.21 Å². The number of rotatable bonds is 5. The van der Waals surface area contributed by atoms with Gasteiger partial charge in [-0.2, -0.15) is 0 Å². The fourth-order valence-electron chi connectivity index (χ4n) is 3.97. The molecule has 0 bridgehead atoms. The van der Waals surface area contributed by atoms with E-state index in [1.807, 2.05) is 36.4 Å². The average molecular weight is 483 g/mol. The number of carbonyl (C=O) groups excluding carboxylic acids is 1. The number of carbonyl (C=O) groups is 1. The molecule has 0 atom stereocenters. The predicted molar refractivity (Wildman–Crippen MR) is 134 cm³/mol. The van der Waals surface area contributed by atoms with Crippen LogP contribution in [0, 0.1) is 0 Å². The maximum atomic E-state index is 12.8. The summed E-state index contributed by atoms with van der Waals surface area (Å²) in [5.74, 6) is 0.196. The number of amides is 1. The third kappa shape index (κ3) is 5.04. The Morgan fingerprint density at radius 3 is 2.61 bits per heavy atom. The molecule has 170 valence electrons. The largest absolute Gasteiger partial charge is 0.436 e. The molecule has 8 heteroatoms. The van der Waals surface area contributed by atoms with Gasteiger partial charge < -0.3 is 15.1 Å². The summed E-state index contributed by atoms with van der Waals surface area (Å²) in [6, 6.07) is 20.5. The van der Waals surface area contributed by atoms with Crippen LogP contribution >= 0.6 is 24.0 Å². The van der Waals surface area contributed by atoms with Gasteiger partial charge in [0.05, 0.1) is 21.8 Å². The zero-order valence-electron chi connectivity index (χ0n) is 17.9. The monoisotopic (exact) mass is 482 g/mol. The highest BCUT2D eigenvalue weighted by Crippen LogP contribution is 2.32. The predicted octanol–water partition coefficient (Wildman–Crippen LogP) is 5.23. The van der Waals surface area contributed by atoms with Crippen LogP contribution in [-0.2, 0) is 6.54 Å². The van der Waals surface area contributed by atoms with Gasteiger partial charge in [0.25, 0.3) is 5.91 Å². The number of piperazine rings is 1. The number of fused-ring (bicyclic) bond motifs is 1. The van der Waals surface area contributed by atoms with Crippen molar-refractivity contribution in [1.29, 1.82) is 0 Å². The summed E-state index contributed by atoms with van der Waals surface area (Å²) in [5.41, 5.74) is 4.46. The minimum absolute atomic E-state index is 0. The van der Waals surface area contributed by atoms with E-state index in [0.717, 1.165) is 55.0 Å². The summed E-state index contributed by atoms with van der Waals surface area (Å²) < 4.78 is 6.25. The van der Waals surface area contributed by atoms with E-state index in [-0.39, 0.29) is 18.3 Å². The molecule has 0 aliphatic carbocycles. The van der Waals surface area contributed by atoms with Crippen molar-refractivity contribution in [3.05, 3.63) is 82.9 Å². The molecular weight excluding hydrogens is 459 g/mol. The summed E-state index contributed by atoms with van der Waals surface area (Å²) in [6.07, 6.45) is 0. The molecular formula is C25H24Cl2N4O2. The zero-order chi connectivity index (χ0) is 21.9. The van der Waals surface area contributed by atoms with E-state index < -0.39 is 0 Å². The van der Waals surface area contributed by atoms with E-state index >= 15 is 0 Å². The zero-order valence-corrected chi connectivity index (χ0v) is 19.5. The van der Waals surface area contributed by atoms with Crippen LogP contribution < -0.4 is 10.6 Å². The number of benzene rings is 3. The fraction of sp³-hybridized carbons (Fsp3) is 0.200. The molecule has 0 unspecified atom stereocenters. The number of oxazole rings is 1. The maximum Gasteiger partial charge on any atom is 0.257 e. The number of nitrogens with zero attached hydrogens (tertiary/aromatic N) is 2. The Morgan fingerprint density at radius 2 is 1.79 bits per heavy atom. The molecule has 1 saturated heterocycles. The summed E-state index contributed by atoms with van der Waals surface area (Å²) in [5, 5.41) is 6.74. The van der Waals surface area contributed by atoms with E-state index in [1.54, 1.807) is 24.3 Å². The molecule has 1 amide bonds. The molecule has 3 aromatic carbocycles. The number of hydrogen-bond acceptors (Lipinski definition) is 5. The van der Waals surface area contributed by atoms with Crippen LogP contribution in [0.4, 0.5) is 5.69 Å². The Labute approximate surface area is 203 Å². The first kappa shape index (κ1) is 23.3. The third-order valence-corrected chi connectivity index (χ3v) is 5.95. The molecule has 1 aliphatic heterocycles. The van der Waals surface area contributed by atoms with Gasteiger partial charge in [-0.3, -0.25) is 9.69 Å². The Hall–Kier alpha value is -2.90. The molecule has 2 N–H and O–H groups in total. The van der Waals surface area contributed by atoms with Gasteiger partial charge in [0, 0.05) is 38.3 Å². The number of aromatic nitrogens is 1. The highest BCUT2D eigenvalue weighted by Gasteiger charge is 2.18. The van der Waals surface area contributed by atoms with Crippen molar-refractivity contribution in [3.8, 4) is 11.5 Å². The lowest BCUT2D eigenvalue weighted by atomic mass is 10.1. The van der Waals surface area contributed by atoms with Crippen molar-refractivity contribution in [2.24, 2.45) is 0 Å². The van der Waals surface area contributed by atoms with Gasteiger partial charge in [0.15, 0.2) is 5.58 Å². The van der Waals surface area contributed by atoms with Gasteiger partial charge in [-0.15, -0.1) is 12.4 Å². The van der Waals surface area contributed by atoms with Crippen LogP contribution in [0.2, 0.25) is 5.02 Å². The summed E-state index contributed by atoms with van der Waals surface area (Å²) in [7, 11) is 0. The molecule has 6 nitrogen and oxygen atoms in total. The normalized spacial score (nSPS) is 14.1. The second kappa shape index (κ2) is 10.4. The second-order valence-corrected chi connectivity index (χ2v) is 8.20. The highest BCUT2D eigenvalue weighted by molar-refractivity contribution is 6.34. The minimum atomic E-state index is -0.279. The van der Waals surface area contributed by atoms with Gasteiger partial charge in [-0.25, -0.2) is 4.98 Å². The van der Waals surface area contributed by atoms with Gasteiger partial charge in [-0.1, -0.05) is 48.0 Å². The highest BCUT2D eigenvalue weighted by atomic mass is 35.5. The number of para-hydroxylation sites is 2. The molecule has 0 spiro atoms. The molecule has 1 aromatic heterocycles. The SMILES string of the molecule is Cl.O=C(Nc1ccccc1-c1nc2cccc(CN3CCNCC3)c2o1)c1ccccc1Cl. The summed E-state index contributed by atoms with van der Waals surface area (Å²) >= 11 is 6.19. The summed E-state index contributed by atoms with van der Waals surface area (Å²) in [4.78, 5) is 19.9. The standard InChI is InChI=1S/C25H23ClN4O2.ClH/c26-20-9-3-1-7-18(20)24(31)28-21-10-4-2-8-19(21)25-29-22-11-5-6-17(23(22)32-25)16-30-14-12-27-13-15-30;/h1-11,27H,12-16H2,(H,28,31);1H. The van der Waals surface area contributed by atoms with Crippen molar-refractivity contribution >= 4 is 46.7 Å². The number of nitrogens with one attached hydrogen (secondary N) is 2. The van der Waals surface area contributed by atoms with Crippen LogP contribution in [0.25, 0.3) is 22.6 Å². The van der Waals surface area contributed by atoms with Gasteiger partial charge in [-0.05, 0) is 30.3 Å². The topological polar surface area (TPSA) is 70.4 Å². The first-order valence-corrected chi connectivity index (χ1v) is 11.0. The fourth-order valence-corrected chi connectivity index (χ4v) is 4.19. The molecule has 1 aliphatic rings. The van der Waals surface area contributed by atoms with Crippen molar-refractivity contribution in [3.63, 3.8) is 0 Å². The Morgan fingerprint density at radius 1 is 1.03 bits per heavy atom. The van der Waals surface area contributed by atoms with Crippen LogP contribution in [0.3, 0.4) is 0 Å². The number of hydrogen-bond donors (Lipinski definition) is 2. The second-order valence-electron chi connectivity index (χ2n) is 7.79. The van der Waals surface area contributed by atoms with Crippen molar-refractivity contribution in [1.82, 2.24) is 15.2 Å². The van der Waals surface area contributed by atoms with Gasteiger partial charge >= 0.3 is 0 Å². The summed E-state index contributed by atoms with van der Waals surface area (Å²) in [6.45, 7) is 4.83.